The third-order valence-electron chi connectivity index (χ3n) is 3.41. The molecule has 0 aliphatic carbocycles. The van der Waals surface area contributed by atoms with Crippen LogP contribution < -0.4 is 5.73 Å². The molecule has 1 aromatic rings. The number of nitrogens with zero attached hydrogens (tertiary/aromatic N) is 3. The van der Waals surface area contributed by atoms with Crippen LogP contribution in [0.15, 0.2) is 6.07 Å². The van der Waals surface area contributed by atoms with Gasteiger partial charge < -0.3 is 10.6 Å². The Morgan fingerprint density at radius 2 is 2.24 bits per heavy atom. The fourth-order valence-corrected chi connectivity index (χ4v) is 2.26. The van der Waals surface area contributed by atoms with E-state index < -0.39 is 0 Å². The number of aryl methyl sites for hydroxylation is 2. The van der Waals surface area contributed by atoms with Crippen molar-refractivity contribution >= 4 is 5.91 Å². The molecule has 2 N–H and O–H groups in total. The summed E-state index contributed by atoms with van der Waals surface area (Å²) in [6.07, 6.45) is 0. The maximum absolute atomic E-state index is 12.1. The summed E-state index contributed by atoms with van der Waals surface area (Å²) in [6, 6.07) is 2.09. The summed E-state index contributed by atoms with van der Waals surface area (Å²) in [4.78, 5) is 13.9. The lowest BCUT2D eigenvalue weighted by Crippen LogP contribution is -2.34. The molecule has 1 aliphatic rings. The quantitative estimate of drug-likeness (QED) is 0.803. The Morgan fingerprint density at radius 3 is 2.71 bits per heavy atom. The molecule has 1 aliphatic heterocycles. The Morgan fingerprint density at radius 1 is 1.53 bits per heavy atom. The van der Waals surface area contributed by atoms with E-state index in [-0.39, 0.29) is 11.9 Å². The molecular formula is C12H20N4O. The Bertz CT molecular complexity index is 416. The molecule has 2 heterocycles. The largest absolute Gasteiger partial charge is 0.339 e. The molecule has 94 valence electrons. The highest BCUT2D eigenvalue weighted by molar-refractivity contribution is 5.76. The van der Waals surface area contributed by atoms with E-state index in [0.717, 1.165) is 17.9 Å². The monoisotopic (exact) mass is 236 g/mol. The van der Waals surface area contributed by atoms with Crippen LogP contribution in [0.25, 0.3) is 0 Å². The van der Waals surface area contributed by atoms with Crippen LogP contribution in [0.3, 0.4) is 0 Å². The first-order valence-corrected chi connectivity index (χ1v) is 6.02. The second kappa shape index (κ2) is 4.49. The molecular weight excluding hydrogens is 216 g/mol. The standard InChI is InChI=1S/C12H20N4O/c1-8-5-15(6-11(8)13)12(17)7-16-10(3)4-9(2)14-16/h4,8,11H,5-7,13H2,1-3H3. The SMILES string of the molecule is Cc1cc(C)n(CC(=O)N2CC(C)C(N)C2)n1. The van der Waals surface area contributed by atoms with Gasteiger partial charge in [0.25, 0.3) is 0 Å². The number of carbonyl (C=O) groups is 1. The van der Waals surface area contributed by atoms with Crippen LogP contribution in [0.2, 0.25) is 0 Å². The van der Waals surface area contributed by atoms with E-state index in [2.05, 4.69) is 12.0 Å². The highest BCUT2D eigenvalue weighted by atomic mass is 16.2. The van der Waals surface area contributed by atoms with Gasteiger partial charge in [0.1, 0.15) is 6.54 Å². The van der Waals surface area contributed by atoms with E-state index >= 15 is 0 Å². The van der Waals surface area contributed by atoms with Crippen molar-refractivity contribution in [1.82, 2.24) is 14.7 Å². The van der Waals surface area contributed by atoms with Gasteiger partial charge in [0.15, 0.2) is 0 Å². The second-order valence-corrected chi connectivity index (χ2v) is 5.02. The highest BCUT2D eigenvalue weighted by Crippen LogP contribution is 2.15. The van der Waals surface area contributed by atoms with Crippen molar-refractivity contribution in [1.29, 1.82) is 0 Å². The summed E-state index contributed by atoms with van der Waals surface area (Å²) >= 11 is 0. The van der Waals surface area contributed by atoms with Gasteiger partial charge in [0.2, 0.25) is 5.91 Å². The minimum absolute atomic E-state index is 0.107. The summed E-state index contributed by atoms with van der Waals surface area (Å²) in [5.41, 5.74) is 7.88. The van der Waals surface area contributed by atoms with Crippen molar-refractivity contribution < 1.29 is 4.79 Å². The van der Waals surface area contributed by atoms with Crippen molar-refractivity contribution in [3.63, 3.8) is 0 Å². The number of hydrogen-bond acceptors (Lipinski definition) is 3. The van der Waals surface area contributed by atoms with Gasteiger partial charge >= 0.3 is 0 Å². The molecule has 5 nitrogen and oxygen atoms in total. The molecule has 17 heavy (non-hydrogen) atoms. The van der Waals surface area contributed by atoms with Gasteiger partial charge in [0, 0.05) is 24.8 Å². The van der Waals surface area contributed by atoms with Crippen LogP contribution in [0.1, 0.15) is 18.3 Å². The number of aromatic nitrogens is 2. The summed E-state index contributed by atoms with van der Waals surface area (Å²) in [7, 11) is 0. The van der Waals surface area contributed by atoms with E-state index in [0.29, 0.717) is 19.0 Å². The molecule has 0 radical (unpaired) electrons. The van der Waals surface area contributed by atoms with Gasteiger partial charge in [-0.2, -0.15) is 5.10 Å². The van der Waals surface area contributed by atoms with Gasteiger partial charge in [-0.15, -0.1) is 0 Å². The molecule has 1 amide bonds. The molecule has 0 saturated carbocycles. The predicted octanol–water partition coefficient (Wildman–Crippen LogP) is 0.306. The lowest BCUT2D eigenvalue weighted by atomic mass is 10.1. The van der Waals surface area contributed by atoms with Crippen LogP contribution in [-0.2, 0) is 11.3 Å². The van der Waals surface area contributed by atoms with E-state index in [4.69, 9.17) is 5.73 Å². The van der Waals surface area contributed by atoms with Crippen molar-refractivity contribution in [3.8, 4) is 0 Å². The number of carbonyl (C=O) groups excluding carboxylic acids is 1. The second-order valence-electron chi connectivity index (χ2n) is 5.02. The molecule has 2 atom stereocenters. The molecule has 1 fully saturated rings. The van der Waals surface area contributed by atoms with Gasteiger partial charge in [-0.3, -0.25) is 9.48 Å². The Hall–Kier alpha value is -1.36. The van der Waals surface area contributed by atoms with Gasteiger partial charge in [-0.05, 0) is 25.8 Å². The fourth-order valence-electron chi connectivity index (χ4n) is 2.26. The third-order valence-corrected chi connectivity index (χ3v) is 3.41. The molecule has 0 aromatic carbocycles. The van der Waals surface area contributed by atoms with E-state index in [1.54, 1.807) is 4.68 Å². The molecule has 1 saturated heterocycles. The smallest absolute Gasteiger partial charge is 0.244 e. The maximum Gasteiger partial charge on any atom is 0.244 e. The number of likely N-dealkylation sites (tertiary alicyclic amines) is 1. The highest BCUT2D eigenvalue weighted by Gasteiger charge is 2.29. The first kappa shape index (κ1) is 12.1. The molecule has 2 unspecified atom stereocenters. The van der Waals surface area contributed by atoms with Crippen molar-refractivity contribution in [2.45, 2.75) is 33.4 Å². The first-order valence-electron chi connectivity index (χ1n) is 6.02. The maximum atomic E-state index is 12.1. The van der Waals surface area contributed by atoms with E-state index in [9.17, 15) is 4.79 Å². The zero-order valence-corrected chi connectivity index (χ0v) is 10.7. The molecule has 2 rings (SSSR count). The van der Waals surface area contributed by atoms with Crippen LogP contribution in [0.4, 0.5) is 0 Å². The van der Waals surface area contributed by atoms with Crippen molar-refractivity contribution in [3.05, 3.63) is 17.5 Å². The minimum Gasteiger partial charge on any atom is -0.339 e. The normalized spacial score (nSPS) is 24.4. The van der Waals surface area contributed by atoms with Crippen molar-refractivity contribution in [2.75, 3.05) is 13.1 Å². The summed E-state index contributed by atoms with van der Waals surface area (Å²) in [5, 5.41) is 4.30. The van der Waals surface area contributed by atoms with Crippen LogP contribution in [-0.4, -0.2) is 39.7 Å². The Labute approximate surface area is 102 Å². The average Bonchev–Trinajstić information content (AvgIpc) is 2.72. The van der Waals surface area contributed by atoms with E-state index in [1.807, 2.05) is 24.8 Å². The Kier molecular flexibility index (Phi) is 3.19. The van der Waals surface area contributed by atoms with Crippen LogP contribution in [0, 0.1) is 19.8 Å². The minimum atomic E-state index is 0.107. The number of rotatable bonds is 2. The molecule has 1 aromatic heterocycles. The zero-order chi connectivity index (χ0) is 12.6. The number of amides is 1. The van der Waals surface area contributed by atoms with Gasteiger partial charge in [-0.25, -0.2) is 0 Å². The Balaban J connectivity index is 2.00. The summed E-state index contributed by atoms with van der Waals surface area (Å²) < 4.78 is 1.76. The first-order chi connectivity index (χ1) is 7.97. The van der Waals surface area contributed by atoms with Gasteiger partial charge in [-0.1, -0.05) is 6.92 Å². The topological polar surface area (TPSA) is 64.2 Å². The van der Waals surface area contributed by atoms with E-state index in [1.165, 1.54) is 0 Å². The van der Waals surface area contributed by atoms with Crippen LogP contribution >= 0.6 is 0 Å². The summed E-state index contributed by atoms with van der Waals surface area (Å²) in [6.45, 7) is 7.73. The summed E-state index contributed by atoms with van der Waals surface area (Å²) in [5.74, 6) is 0.496. The molecule has 0 spiro atoms. The molecule has 0 bridgehead atoms. The lowest BCUT2D eigenvalue weighted by Gasteiger charge is -2.16. The lowest BCUT2D eigenvalue weighted by molar-refractivity contribution is -0.131. The van der Waals surface area contributed by atoms with Gasteiger partial charge in [0.05, 0.1) is 5.69 Å². The fraction of sp³-hybridized carbons (Fsp3) is 0.667. The zero-order valence-electron chi connectivity index (χ0n) is 10.7. The predicted molar refractivity (Wildman–Crippen MR) is 65.4 cm³/mol. The number of hydrogen-bond donors (Lipinski definition) is 1. The third kappa shape index (κ3) is 2.49. The van der Waals surface area contributed by atoms with Crippen molar-refractivity contribution in [2.24, 2.45) is 11.7 Å². The van der Waals surface area contributed by atoms with Crippen LogP contribution in [0.5, 0.6) is 0 Å². The average molecular weight is 236 g/mol. The molecule has 5 heteroatoms. The number of nitrogens with two attached hydrogens (primary N) is 1.